The largest absolute Gasteiger partial charge is 0.462 e. The Balaban J connectivity index is 1.60. The molecule has 3 nitrogen and oxygen atoms in total. The van der Waals surface area contributed by atoms with Gasteiger partial charge >= 0.3 is 5.97 Å². The van der Waals surface area contributed by atoms with E-state index < -0.39 is 0 Å². The smallest absolute Gasteiger partial charge is 0.302 e. The highest BCUT2D eigenvalue weighted by Crippen LogP contribution is 2.66. The zero-order valence-corrected chi connectivity index (χ0v) is 15.5. The van der Waals surface area contributed by atoms with E-state index in [0.717, 1.165) is 38.0 Å². The van der Waals surface area contributed by atoms with Gasteiger partial charge < -0.3 is 4.74 Å². The molecule has 7 atom stereocenters. The molecule has 0 radical (unpaired) electrons. The molecule has 24 heavy (non-hydrogen) atoms. The van der Waals surface area contributed by atoms with Gasteiger partial charge in [-0.1, -0.05) is 13.8 Å². The molecule has 0 aromatic rings. The maximum atomic E-state index is 12.5. The quantitative estimate of drug-likeness (QED) is 0.663. The van der Waals surface area contributed by atoms with Crippen LogP contribution >= 0.6 is 0 Å². The summed E-state index contributed by atoms with van der Waals surface area (Å²) in [4.78, 5) is 24.0. The number of ketones is 1. The lowest BCUT2D eigenvalue weighted by Crippen LogP contribution is -2.55. The molecule has 0 amide bonds. The molecule has 4 rings (SSSR count). The Morgan fingerprint density at radius 1 is 1.00 bits per heavy atom. The van der Waals surface area contributed by atoms with Crippen LogP contribution in [0.5, 0.6) is 0 Å². The first-order valence-electron chi connectivity index (χ1n) is 10.1. The molecule has 4 saturated carbocycles. The summed E-state index contributed by atoms with van der Waals surface area (Å²) < 4.78 is 5.72. The molecule has 0 unspecified atom stereocenters. The van der Waals surface area contributed by atoms with Crippen molar-refractivity contribution < 1.29 is 14.3 Å². The first-order chi connectivity index (χ1) is 11.4. The fourth-order valence-corrected chi connectivity index (χ4v) is 7.51. The maximum Gasteiger partial charge on any atom is 0.302 e. The maximum absolute atomic E-state index is 12.5. The second-order valence-electron chi connectivity index (χ2n) is 9.55. The van der Waals surface area contributed by atoms with Gasteiger partial charge in [0, 0.05) is 24.7 Å². The number of fused-ring (bicyclic) bond motifs is 5. The van der Waals surface area contributed by atoms with E-state index in [2.05, 4.69) is 13.8 Å². The second kappa shape index (κ2) is 5.57. The van der Waals surface area contributed by atoms with Crippen LogP contribution in [0.3, 0.4) is 0 Å². The van der Waals surface area contributed by atoms with E-state index >= 15 is 0 Å². The van der Waals surface area contributed by atoms with Gasteiger partial charge in [-0.15, -0.1) is 0 Å². The van der Waals surface area contributed by atoms with Crippen LogP contribution in [-0.2, 0) is 14.3 Å². The van der Waals surface area contributed by atoms with Crippen LogP contribution in [0.2, 0.25) is 0 Å². The number of carbonyl (C=O) groups is 2. The third-order valence-corrected chi connectivity index (χ3v) is 8.62. The van der Waals surface area contributed by atoms with Crippen LogP contribution in [0.1, 0.15) is 78.6 Å². The van der Waals surface area contributed by atoms with Crippen molar-refractivity contribution in [2.75, 3.05) is 0 Å². The van der Waals surface area contributed by atoms with Crippen molar-refractivity contribution in [3.8, 4) is 0 Å². The summed E-state index contributed by atoms with van der Waals surface area (Å²) in [5, 5.41) is 0. The van der Waals surface area contributed by atoms with E-state index in [1.165, 1.54) is 25.7 Å². The predicted molar refractivity (Wildman–Crippen MR) is 92.3 cm³/mol. The number of carbonyl (C=O) groups excluding carboxylic acids is 2. The lowest BCUT2D eigenvalue weighted by molar-refractivity contribution is -0.164. The van der Waals surface area contributed by atoms with Gasteiger partial charge in [0.15, 0.2) is 0 Å². The average Bonchev–Trinajstić information content (AvgIpc) is 2.83. The Kier molecular flexibility index (Phi) is 3.85. The van der Waals surface area contributed by atoms with E-state index in [-0.39, 0.29) is 22.9 Å². The summed E-state index contributed by atoms with van der Waals surface area (Å²) in [6, 6.07) is 0. The highest BCUT2D eigenvalue weighted by atomic mass is 16.5. The van der Waals surface area contributed by atoms with Gasteiger partial charge in [0.2, 0.25) is 0 Å². The van der Waals surface area contributed by atoms with Gasteiger partial charge in [-0.25, -0.2) is 0 Å². The van der Waals surface area contributed by atoms with Crippen LogP contribution in [0.15, 0.2) is 0 Å². The number of Topliss-reactive ketones (excluding diaryl/α,β-unsaturated/α-hetero) is 1. The lowest BCUT2D eigenvalue weighted by atomic mass is 9.45. The van der Waals surface area contributed by atoms with Crippen molar-refractivity contribution in [1.82, 2.24) is 0 Å². The van der Waals surface area contributed by atoms with Gasteiger partial charge in [-0.3, -0.25) is 9.59 Å². The van der Waals surface area contributed by atoms with E-state index in [1.807, 2.05) is 0 Å². The van der Waals surface area contributed by atoms with Crippen molar-refractivity contribution >= 4 is 11.8 Å². The van der Waals surface area contributed by atoms with Crippen molar-refractivity contribution in [2.45, 2.75) is 84.7 Å². The van der Waals surface area contributed by atoms with Crippen LogP contribution in [-0.4, -0.2) is 17.9 Å². The van der Waals surface area contributed by atoms with Crippen molar-refractivity contribution in [3.05, 3.63) is 0 Å². The Morgan fingerprint density at radius 3 is 2.50 bits per heavy atom. The summed E-state index contributed by atoms with van der Waals surface area (Å²) >= 11 is 0. The van der Waals surface area contributed by atoms with Crippen molar-refractivity contribution in [1.29, 1.82) is 0 Å². The molecule has 0 spiro atoms. The van der Waals surface area contributed by atoms with E-state index in [1.54, 1.807) is 6.92 Å². The lowest BCUT2D eigenvalue weighted by Gasteiger charge is -2.59. The molecule has 4 aliphatic carbocycles. The molecule has 134 valence electrons. The zero-order valence-electron chi connectivity index (χ0n) is 15.5. The molecule has 0 N–H and O–H groups in total. The zero-order chi connectivity index (χ0) is 17.1. The Hall–Kier alpha value is -0.860. The molecular formula is C21H32O3. The van der Waals surface area contributed by atoms with Crippen LogP contribution in [0, 0.1) is 34.5 Å². The van der Waals surface area contributed by atoms with Crippen LogP contribution in [0.4, 0.5) is 0 Å². The van der Waals surface area contributed by atoms with Crippen molar-refractivity contribution in [3.63, 3.8) is 0 Å². The van der Waals surface area contributed by atoms with E-state index in [9.17, 15) is 9.59 Å². The Labute approximate surface area is 145 Å². The molecule has 0 aromatic heterocycles. The molecule has 4 aliphatic rings. The first-order valence-corrected chi connectivity index (χ1v) is 10.1. The highest BCUT2D eigenvalue weighted by Gasteiger charge is 2.61. The third kappa shape index (κ3) is 2.22. The highest BCUT2D eigenvalue weighted by molar-refractivity contribution is 5.82. The van der Waals surface area contributed by atoms with Gasteiger partial charge in [0.05, 0.1) is 0 Å². The summed E-state index contributed by atoms with van der Waals surface area (Å²) in [7, 11) is 0. The fraction of sp³-hybridized carbons (Fsp3) is 0.905. The minimum Gasteiger partial charge on any atom is -0.462 e. The number of hydrogen-bond donors (Lipinski definition) is 0. The number of esters is 1. The van der Waals surface area contributed by atoms with E-state index in [0.29, 0.717) is 23.5 Å². The molecule has 3 heteroatoms. The normalized spacial score (nSPS) is 50.6. The Morgan fingerprint density at radius 2 is 1.75 bits per heavy atom. The minimum atomic E-state index is -0.127. The number of ether oxygens (including phenoxy) is 1. The summed E-state index contributed by atoms with van der Waals surface area (Å²) in [5.41, 5.74) is 0.397. The fourth-order valence-electron chi connectivity index (χ4n) is 7.51. The van der Waals surface area contributed by atoms with Crippen LogP contribution in [0.25, 0.3) is 0 Å². The molecule has 4 fully saturated rings. The number of hydrogen-bond acceptors (Lipinski definition) is 3. The summed E-state index contributed by atoms with van der Waals surface area (Å²) in [6.45, 7) is 6.34. The predicted octanol–water partition coefficient (Wildman–Crippen LogP) is 4.53. The van der Waals surface area contributed by atoms with Gasteiger partial charge in [-0.2, -0.15) is 0 Å². The minimum absolute atomic E-state index is 0.111. The van der Waals surface area contributed by atoms with Gasteiger partial charge in [0.1, 0.15) is 11.9 Å². The number of rotatable bonds is 1. The Bertz CT molecular complexity index is 555. The molecule has 0 bridgehead atoms. The average molecular weight is 332 g/mol. The van der Waals surface area contributed by atoms with E-state index in [4.69, 9.17) is 4.74 Å². The molecular weight excluding hydrogens is 300 g/mol. The molecule has 0 aromatic carbocycles. The second-order valence-corrected chi connectivity index (χ2v) is 9.55. The van der Waals surface area contributed by atoms with Crippen LogP contribution < -0.4 is 0 Å². The summed E-state index contributed by atoms with van der Waals surface area (Å²) in [5.74, 6) is 2.85. The molecule has 0 aliphatic heterocycles. The topological polar surface area (TPSA) is 43.4 Å². The molecule has 0 saturated heterocycles. The monoisotopic (exact) mass is 332 g/mol. The standard InChI is InChI=1S/C21H32O3/c1-13(22)24-19-9-8-15-14-6-7-17-18(23)5-4-11-20(17,2)16(14)10-12-21(15,19)3/h14-17,19H,4-12H2,1-3H3/t14-,15-,16-,17-,19-,20+,21-/m0/s1. The van der Waals surface area contributed by atoms with Gasteiger partial charge in [-0.05, 0) is 74.5 Å². The van der Waals surface area contributed by atoms with Crippen molar-refractivity contribution in [2.24, 2.45) is 34.5 Å². The summed E-state index contributed by atoms with van der Waals surface area (Å²) in [6.07, 6.45) is 10.2. The molecule has 0 heterocycles. The SMILES string of the molecule is CC(=O)O[C@H]1CC[C@H]2[C@@H]3CC[C@H]4C(=O)CCC[C@]4(C)[C@H]3CC[C@]12C. The third-order valence-electron chi connectivity index (χ3n) is 8.62. The first kappa shape index (κ1) is 16.6. The van der Waals surface area contributed by atoms with Gasteiger partial charge in [0.25, 0.3) is 0 Å².